The highest BCUT2D eigenvalue weighted by Gasteiger charge is 2.24. The molecule has 0 fully saturated rings. The summed E-state index contributed by atoms with van der Waals surface area (Å²) in [5.74, 6) is 2.45. The highest BCUT2D eigenvalue weighted by atomic mass is 16.5. The molecule has 53 heavy (non-hydrogen) atoms. The zero-order chi connectivity index (χ0) is 38.1. The minimum absolute atomic E-state index is 0.00144. The average Bonchev–Trinajstić information content (AvgIpc) is 3.68. The SMILES string of the molecule is CC(C)(C)c1ccc(-[n+]2[c-]n(-c3cc(Oc4ccc5c6ccccc6n(-c6cc(C(C)(C)C)ccn6)c5c4)cc(C(C)(C)C)c3)cc2C(C)(C)C)cc1. The van der Waals surface area contributed by atoms with Gasteiger partial charge in [0.15, 0.2) is 0 Å². The van der Waals surface area contributed by atoms with Gasteiger partial charge in [0.2, 0.25) is 0 Å². The number of pyridine rings is 1. The predicted molar refractivity (Wildman–Crippen MR) is 220 cm³/mol. The van der Waals surface area contributed by atoms with Crippen molar-refractivity contribution in [2.75, 3.05) is 0 Å². The van der Waals surface area contributed by atoms with Gasteiger partial charge in [-0.25, -0.2) is 4.98 Å². The molecule has 0 unspecified atom stereocenters. The average molecular weight is 703 g/mol. The first-order chi connectivity index (χ1) is 24.8. The normalized spacial score (nSPS) is 12.9. The van der Waals surface area contributed by atoms with E-state index in [2.05, 4.69) is 206 Å². The molecule has 0 aliphatic heterocycles. The van der Waals surface area contributed by atoms with Gasteiger partial charge in [-0.15, -0.1) is 0 Å². The van der Waals surface area contributed by atoms with Gasteiger partial charge in [0.05, 0.1) is 28.1 Å². The Bertz CT molecular complexity index is 2450. The van der Waals surface area contributed by atoms with Gasteiger partial charge >= 0.3 is 0 Å². The molecule has 3 heterocycles. The first kappa shape index (κ1) is 36.2. The van der Waals surface area contributed by atoms with Gasteiger partial charge in [0.1, 0.15) is 17.3 Å². The number of benzene rings is 4. The summed E-state index contributed by atoms with van der Waals surface area (Å²) >= 11 is 0. The number of fused-ring (bicyclic) bond motifs is 3. The van der Waals surface area contributed by atoms with E-state index in [1.807, 2.05) is 6.20 Å². The van der Waals surface area contributed by atoms with Crippen molar-refractivity contribution < 1.29 is 9.30 Å². The molecular formula is C48H54N4O. The fourth-order valence-electron chi connectivity index (χ4n) is 6.96. The summed E-state index contributed by atoms with van der Waals surface area (Å²) in [4.78, 5) is 4.87. The highest BCUT2D eigenvalue weighted by Crippen LogP contribution is 2.37. The molecule has 0 spiro atoms. The number of aromatic nitrogens is 4. The molecule has 5 nitrogen and oxygen atoms in total. The van der Waals surface area contributed by atoms with Gasteiger partial charge in [-0.1, -0.05) is 113 Å². The molecular weight excluding hydrogens is 649 g/mol. The van der Waals surface area contributed by atoms with Crippen LogP contribution in [0.2, 0.25) is 0 Å². The lowest BCUT2D eigenvalue weighted by Crippen LogP contribution is -2.38. The van der Waals surface area contributed by atoms with Crippen molar-refractivity contribution in [1.29, 1.82) is 0 Å². The quantitative estimate of drug-likeness (QED) is 0.132. The molecule has 0 bridgehead atoms. The van der Waals surface area contributed by atoms with Crippen LogP contribution in [-0.2, 0) is 21.7 Å². The summed E-state index contributed by atoms with van der Waals surface area (Å²) in [6.45, 7) is 27.0. The van der Waals surface area contributed by atoms with Crippen LogP contribution in [0, 0.1) is 6.33 Å². The molecule has 0 saturated carbocycles. The van der Waals surface area contributed by atoms with Crippen LogP contribution in [0.1, 0.15) is 105 Å². The summed E-state index contributed by atoms with van der Waals surface area (Å²) in [5, 5.41) is 2.35. The van der Waals surface area contributed by atoms with E-state index >= 15 is 0 Å². The van der Waals surface area contributed by atoms with E-state index in [4.69, 9.17) is 9.72 Å². The number of hydrogen-bond donors (Lipinski definition) is 0. The van der Waals surface area contributed by atoms with Gasteiger partial charge in [-0.2, -0.15) is 0 Å². The predicted octanol–water partition coefficient (Wildman–Crippen LogP) is 12.0. The summed E-state index contributed by atoms with van der Waals surface area (Å²) in [7, 11) is 0. The van der Waals surface area contributed by atoms with Gasteiger partial charge in [0.25, 0.3) is 6.33 Å². The lowest BCUT2D eigenvalue weighted by atomic mass is 9.86. The maximum absolute atomic E-state index is 6.82. The van der Waals surface area contributed by atoms with Crippen LogP contribution >= 0.6 is 0 Å². The second-order valence-electron chi connectivity index (χ2n) is 18.6. The zero-order valence-electron chi connectivity index (χ0n) is 33.6. The Labute approximate surface area is 315 Å². The second-order valence-corrected chi connectivity index (χ2v) is 18.6. The van der Waals surface area contributed by atoms with Gasteiger partial charge in [-0.05, 0) is 99.0 Å². The maximum Gasteiger partial charge on any atom is 0.269 e. The Balaban J connectivity index is 1.34. The van der Waals surface area contributed by atoms with Crippen LogP contribution in [0.4, 0.5) is 0 Å². The van der Waals surface area contributed by atoms with E-state index in [-0.39, 0.29) is 21.7 Å². The monoisotopic (exact) mass is 702 g/mol. The number of imidazole rings is 1. The topological polar surface area (TPSA) is 35.9 Å². The van der Waals surface area contributed by atoms with Crippen LogP contribution in [0.3, 0.4) is 0 Å². The fraction of sp³-hybridized carbons (Fsp3) is 0.333. The minimum atomic E-state index is -0.111. The van der Waals surface area contributed by atoms with Crippen LogP contribution in [-0.4, -0.2) is 14.1 Å². The third-order valence-corrected chi connectivity index (χ3v) is 10.2. The highest BCUT2D eigenvalue weighted by molar-refractivity contribution is 6.09. The van der Waals surface area contributed by atoms with Gasteiger partial charge in [-0.3, -0.25) is 13.7 Å². The van der Waals surface area contributed by atoms with Crippen molar-refractivity contribution in [3.8, 4) is 28.7 Å². The largest absolute Gasteiger partial charge is 0.458 e. The molecule has 5 heteroatoms. The molecule has 4 aromatic carbocycles. The van der Waals surface area contributed by atoms with Crippen LogP contribution in [0.25, 0.3) is 39.0 Å². The molecule has 0 aliphatic carbocycles. The van der Waals surface area contributed by atoms with E-state index in [0.29, 0.717) is 0 Å². The maximum atomic E-state index is 6.82. The molecule has 7 aromatic rings. The number of ether oxygens (including phenoxy) is 1. The molecule has 0 N–H and O–H groups in total. The molecule has 0 radical (unpaired) electrons. The molecule has 0 amide bonds. The third kappa shape index (κ3) is 7.14. The lowest BCUT2D eigenvalue weighted by molar-refractivity contribution is -0.611. The third-order valence-electron chi connectivity index (χ3n) is 10.2. The van der Waals surface area contributed by atoms with E-state index < -0.39 is 0 Å². The Morgan fingerprint density at radius 1 is 0.566 bits per heavy atom. The van der Waals surface area contributed by atoms with Crippen LogP contribution in [0.5, 0.6) is 11.5 Å². The Morgan fingerprint density at radius 3 is 1.89 bits per heavy atom. The smallest absolute Gasteiger partial charge is 0.269 e. The van der Waals surface area contributed by atoms with Crippen molar-refractivity contribution in [2.24, 2.45) is 0 Å². The zero-order valence-corrected chi connectivity index (χ0v) is 33.6. The fourth-order valence-corrected chi connectivity index (χ4v) is 6.96. The van der Waals surface area contributed by atoms with Crippen molar-refractivity contribution in [1.82, 2.24) is 14.1 Å². The van der Waals surface area contributed by atoms with E-state index in [9.17, 15) is 0 Å². The number of nitrogens with zero attached hydrogens (tertiary/aromatic N) is 4. The van der Waals surface area contributed by atoms with Crippen molar-refractivity contribution in [3.63, 3.8) is 0 Å². The molecule has 0 atom stereocenters. The number of para-hydroxylation sites is 1. The molecule has 0 aliphatic rings. The van der Waals surface area contributed by atoms with E-state index in [1.54, 1.807) is 0 Å². The molecule has 272 valence electrons. The van der Waals surface area contributed by atoms with Gasteiger partial charge in [0, 0.05) is 29.2 Å². The summed E-state index contributed by atoms with van der Waals surface area (Å²) in [6, 6.07) is 34.7. The standard InChI is InChI=1S/C48H54N4O/c1-45(2,3)32-17-19-35(20-18-32)51-31-50(30-43(51)48(10,11)12)36-25-34(47(7,8)9)26-38(28-36)53-37-21-22-40-39-15-13-14-16-41(39)52(42(40)29-37)44-27-33(23-24-49-44)46(4,5)6/h13-30H,1-12H3. The van der Waals surface area contributed by atoms with Crippen molar-refractivity contribution in [2.45, 2.75) is 105 Å². The Hall–Kier alpha value is -5.16. The van der Waals surface area contributed by atoms with Gasteiger partial charge < -0.3 is 4.74 Å². The minimum Gasteiger partial charge on any atom is -0.458 e. The number of rotatable bonds is 5. The molecule has 0 saturated heterocycles. The Kier molecular flexibility index (Phi) is 8.71. The second kappa shape index (κ2) is 12.8. The molecule has 7 rings (SSSR count). The lowest BCUT2D eigenvalue weighted by Gasteiger charge is -2.22. The van der Waals surface area contributed by atoms with Crippen LogP contribution in [0.15, 0.2) is 109 Å². The summed E-state index contributed by atoms with van der Waals surface area (Å²) in [5.41, 5.74) is 9.06. The molecule has 3 aromatic heterocycles. The summed E-state index contributed by atoms with van der Waals surface area (Å²) < 4.78 is 13.4. The van der Waals surface area contributed by atoms with E-state index in [0.717, 1.165) is 45.1 Å². The van der Waals surface area contributed by atoms with Crippen LogP contribution < -0.4 is 9.30 Å². The summed E-state index contributed by atoms with van der Waals surface area (Å²) in [6.07, 6.45) is 7.83. The van der Waals surface area contributed by atoms with Crippen molar-refractivity contribution in [3.05, 3.63) is 138 Å². The van der Waals surface area contributed by atoms with Crippen molar-refractivity contribution >= 4 is 21.8 Å². The van der Waals surface area contributed by atoms with E-state index in [1.165, 1.54) is 27.8 Å². The first-order valence-corrected chi connectivity index (χ1v) is 18.8. The first-order valence-electron chi connectivity index (χ1n) is 18.8. The number of hydrogen-bond acceptors (Lipinski definition) is 2. The Morgan fingerprint density at radius 2 is 1.23 bits per heavy atom.